The summed E-state index contributed by atoms with van der Waals surface area (Å²) >= 11 is 0. The molecule has 2 aliphatic rings. The van der Waals surface area contributed by atoms with Gasteiger partial charge in [0.1, 0.15) is 12.4 Å². The summed E-state index contributed by atoms with van der Waals surface area (Å²) in [5.74, 6) is -0.0586. The lowest BCUT2D eigenvalue weighted by molar-refractivity contribution is -0.142. The van der Waals surface area contributed by atoms with E-state index in [4.69, 9.17) is 4.74 Å². The number of carbonyl (C=O) groups is 1. The third-order valence-electron chi connectivity index (χ3n) is 4.34. The van der Waals surface area contributed by atoms with Gasteiger partial charge < -0.3 is 15.0 Å². The molecule has 2 unspecified atom stereocenters. The fraction of sp³-hybridized carbons (Fsp3) is 0.533. The molecule has 1 aromatic carbocycles. The van der Waals surface area contributed by atoms with Crippen LogP contribution in [0.5, 0.6) is 0 Å². The van der Waals surface area contributed by atoms with Crippen LogP contribution < -0.4 is 10.2 Å². The standard InChI is InChI=1S/C15H19FN2O2/c1-15(11-5-6-17-8-11)10-18(14(19)9-20-15)13-4-2-3-12(16)7-13/h2-4,7,11,17H,5-6,8-10H2,1H3. The topological polar surface area (TPSA) is 41.6 Å². The summed E-state index contributed by atoms with van der Waals surface area (Å²) in [4.78, 5) is 13.7. The van der Waals surface area contributed by atoms with Gasteiger partial charge in [-0.3, -0.25) is 4.79 Å². The van der Waals surface area contributed by atoms with Gasteiger partial charge in [0.25, 0.3) is 5.91 Å². The lowest BCUT2D eigenvalue weighted by atomic mass is 9.86. The summed E-state index contributed by atoms with van der Waals surface area (Å²) in [5.41, 5.74) is 0.236. The SMILES string of the molecule is CC1(C2CCNC2)CN(c2cccc(F)c2)C(=O)CO1. The number of anilines is 1. The Labute approximate surface area is 117 Å². The quantitative estimate of drug-likeness (QED) is 0.892. The van der Waals surface area contributed by atoms with Gasteiger partial charge in [-0.25, -0.2) is 4.39 Å². The maximum Gasteiger partial charge on any atom is 0.253 e. The van der Waals surface area contributed by atoms with Crippen molar-refractivity contribution in [2.24, 2.45) is 5.92 Å². The average molecular weight is 278 g/mol. The van der Waals surface area contributed by atoms with Crippen molar-refractivity contribution in [3.63, 3.8) is 0 Å². The summed E-state index contributed by atoms with van der Waals surface area (Å²) < 4.78 is 19.2. The minimum atomic E-state index is -0.371. The molecule has 0 radical (unpaired) electrons. The monoisotopic (exact) mass is 278 g/mol. The van der Waals surface area contributed by atoms with E-state index in [0.717, 1.165) is 19.5 Å². The number of nitrogens with one attached hydrogen (secondary N) is 1. The first-order valence-corrected chi connectivity index (χ1v) is 6.99. The molecule has 2 heterocycles. The van der Waals surface area contributed by atoms with E-state index in [1.807, 2.05) is 6.92 Å². The van der Waals surface area contributed by atoms with Gasteiger partial charge in [-0.2, -0.15) is 0 Å². The molecule has 1 aromatic rings. The van der Waals surface area contributed by atoms with Crippen LogP contribution in [0.2, 0.25) is 0 Å². The van der Waals surface area contributed by atoms with Crippen LogP contribution in [0.15, 0.2) is 24.3 Å². The molecule has 0 bridgehead atoms. The van der Waals surface area contributed by atoms with Gasteiger partial charge >= 0.3 is 0 Å². The smallest absolute Gasteiger partial charge is 0.253 e. The summed E-state index contributed by atoms with van der Waals surface area (Å²) in [6.07, 6.45) is 1.04. The van der Waals surface area contributed by atoms with E-state index in [9.17, 15) is 9.18 Å². The zero-order valence-electron chi connectivity index (χ0n) is 11.6. The number of benzene rings is 1. The van der Waals surface area contributed by atoms with Crippen molar-refractivity contribution in [3.05, 3.63) is 30.1 Å². The van der Waals surface area contributed by atoms with Gasteiger partial charge in [0.15, 0.2) is 0 Å². The van der Waals surface area contributed by atoms with Crippen LogP contribution in [0.4, 0.5) is 10.1 Å². The predicted molar refractivity (Wildman–Crippen MR) is 74.1 cm³/mol. The van der Waals surface area contributed by atoms with Crippen molar-refractivity contribution in [1.29, 1.82) is 0 Å². The number of rotatable bonds is 2. The first kappa shape index (κ1) is 13.5. The molecule has 2 aliphatic heterocycles. The molecule has 2 fully saturated rings. The highest BCUT2D eigenvalue weighted by molar-refractivity contribution is 5.95. The number of morpholine rings is 1. The number of hydrogen-bond donors (Lipinski definition) is 1. The van der Waals surface area contributed by atoms with E-state index in [1.165, 1.54) is 12.1 Å². The molecular formula is C15H19FN2O2. The van der Waals surface area contributed by atoms with Crippen molar-refractivity contribution in [3.8, 4) is 0 Å². The molecule has 5 heteroatoms. The van der Waals surface area contributed by atoms with Crippen LogP contribution >= 0.6 is 0 Å². The second-order valence-corrected chi connectivity index (χ2v) is 5.75. The molecule has 4 nitrogen and oxygen atoms in total. The molecule has 3 rings (SSSR count). The van der Waals surface area contributed by atoms with Crippen LogP contribution in [0, 0.1) is 11.7 Å². The Hall–Kier alpha value is -1.46. The van der Waals surface area contributed by atoms with E-state index in [0.29, 0.717) is 18.2 Å². The van der Waals surface area contributed by atoms with Gasteiger partial charge in [-0.1, -0.05) is 6.07 Å². The number of halogens is 1. The number of carbonyl (C=O) groups excluding carboxylic acids is 1. The van der Waals surface area contributed by atoms with Crippen molar-refractivity contribution in [2.75, 3.05) is 31.1 Å². The lowest BCUT2D eigenvalue weighted by Crippen LogP contribution is -2.57. The van der Waals surface area contributed by atoms with E-state index in [-0.39, 0.29) is 23.9 Å². The zero-order valence-corrected chi connectivity index (χ0v) is 11.6. The Morgan fingerprint density at radius 2 is 2.35 bits per heavy atom. The van der Waals surface area contributed by atoms with Crippen molar-refractivity contribution >= 4 is 11.6 Å². The second kappa shape index (κ2) is 5.14. The summed E-state index contributed by atoms with van der Waals surface area (Å²) in [7, 11) is 0. The number of nitrogens with zero attached hydrogens (tertiary/aromatic N) is 1. The van der Waals surface area contributed by atoms with Gasteiger partial charge in [-0.05, 0) is 38.1 Å². The molecule has 108 valence electrons. The third kappa shape index (κ3) is 2.43. The summed E-state index contributed by atoms with van der Waals surface area (Å²) in [6, 6.07) is 6.17. The van der Waals surface area contributed by atoms with Gasteiger partial charge in [0.05, 0.1) is 12.1 Å². The lowest BCUT2D eigenvalue weighted by Gasteiger charge is -2.43. The average Bonchev–Trinajstić information content (AvgIpc) is 2.97. The Morgan fingerprint density at radius 3 is 3.05 bits per heavy atom. The molecule has 0 aromatic heterocycles. The van der Waals surface area contributed by atoms with Crippen LogP contribution in [0.3, 0.4) is 0 Å². The second-order valence-electron chi connectivity index (χ2n) is 5.75. The Bertz CT molecular complexity index is 516. The zero-order chi connectivity index (χ0) is 14.2. The molecule has 0 aliphatic carbocycles. The van der Waals surface area contributed by atoms with Crippen molar-refractivity contribution < 1.29 is 13.9 Å². The number of hydrogen-bond acceptors (Lipinski definition) is 3. The fourth-order valence-corrected chi connectivity index (χ4v) is 3.05. The molecule has 1 amide bonds. The normalized spacial score (nSPS) is 30.8. The van der Waals surface area contributed by atoms with E-state index in [1.54, 1.807) is 17.0 Å². The molecular weight excluding hydrogens is 259 g/mol. The minimum Gasteiger partial charge on any atom is -0.363 e. The van der Waals surface area contributed by atoms with Gasteiger partial charge in [0, 0.05) is 18.2 Å². The first-order chi connectivity index (χ1) is 9.58. The van der Waals surface area contributed by atoms with Crippen LogP contribution in [0.25, 0.3) is 0 Å². The molecule has 0 saturated carbocycles. The van der Waals surface area contributed by atoms with E-state index < -0.39 is 0 Å². The largest absolute Gasteiger partial charge is 0.363 e. The Kier molecular flexibility index (Phi) is 3.48. The van der Waals surface area contributed by atoms with Crippen molar-refractivity contribution in [1.82, 2.24) is 5.32 Å². The highest BCUT2D eigenvalue weighted by Crippen LogP contribution is 2.33. The molecule has 1 N–H and O–H groups in total. The maximum atomic E-state index is 13.4. The molecule has 2 saturated heterocycles. The van der Waals surface area contributed by atoms with Gasteiger partial charge in [-0.15, -0.1) is 0 Å². The molecule has 20 heavy (non-hydrogen) atoms. The van der Waals surface area contributed by atoms with Crippen LogP contribution in [-0.4, -0.2) is 37.7 Å². The Morgan fingerprint density at radius 1 is 1.50 bits per heavy atom. The van der Waals surface area contributed by atoms with Gasteiger partial charge in [0.2, 0.25) is 0 Å². The molecule has 2 atom stereocenters. The minimum absolute atomic E-state index is 0.0590. The van der Waals surface area contributed by atoms with Crippen molar-refractivity contribution in [2.45, 2.75) is 18.9 Å². The number of amides is 1. The fourth-order valence-electron chi connectivity index (χ4n) is 3.05. The third-order valence-corrected chi connectivity index (χ3v) is 4.34. The Balaban J connectivity index is 1.84. The van der Waals surface area contributed by atoms with Crippen LogP contribution in [-0.2, 0) is 9.53 Å². The van der Waals surface area contributed by atoms with Crippen LogP contribution in [0.1, 0.15) is 13.3 Å². The highest BCUT2D eigenvalue weighted by atomic mass is 19.1. The number of ether oxygens (including phenoxy) is 1. The summed E-state index contributed by atoms with van der Waals surface area (Å²) in [6.45, 7) is 4.47. The highest BCUT2D eigenvalue weighted by Gasteiger charge is 2.43. The van der Waals surface area contributed by atoms with E-state index in [2.05, 4.69) is 5.32 Å². The maximum absolute atomic E-state index is 13.4. The van der Waals surface area contributed by atoms with E-state index >= 15 is 0 Å². The molecule has 0 spiro atoms. The first-order valence-electron chi connectivity index (χ1n) is 6.99. The predicted octanol–water partition coefficient (Wildman–Crippen LogP) is 1.56. The summed E-state index contributed by atoms with van der Waals surface area (Å²) in [5, 5.41) is 3.33.